The lowest BCUT2D eigenvalue weighted by Gasteiger charge is -2.26. The van der Waals surface area contributed by atoms with Crippen LogP contribution in [0.1, 0.15) is 108 Å². The highest BCUT2D eigenvalue weighted by molar-refractivity contribution is 5.96. The fraction of sp³-hybridized carbons (Fsp3) is 0.523. The van der Waals surface area contributed by atoms with E-state index < -0.39 is 47.8 Å². The predicted molar refractivity (Wildman–Crippen MR) is 229 cm³/mol. The van der Waals surface area contributed by atoms with Crippen LogP contribution < -0.4 is 38.5 Å². The topological polar surface area (TPSA) is 243 Å². The normalized spacial score (nSPS) is 13.4. The van der Waals surface area contributed by atoms with Gasteiger partial charge in [0, 0.05) is 53.5 Å². The number of carbonyl (C=O) groups excluding carboxylic acids is 5. The van der Waals surface area contributed by atoms with E-state index in [1.54, 1.807) is 12.4 Å². The van der Waals surface area contributed by atoms with Crippen molar-refractivity contribution in [3.8, 4) is 0 Å². The monoisotopic (exact) mass is 800 g/mol. The first-order valence-electron chi connectivity index (χ1n) is 21.1. The number of fused-ring (bicyclic) bond motifs is 2. The summed E-state index contributed by atoms with van der Waals surface area (Å²) in [5, 5.41) is 13.1. The first-order chi connectivity index (χ1) is 28.1. The Bertz CT molecular complexity index is 1910. The summed E-state index contributed by atoms with van der Waals surface area (Å²) >= 11 is 0. The first kappa shape index (κ1) is 45.5. The average Bonchev–Trinajstić information content (AvgIpc) is 3.83. The van der Waals surface area contributed by atoms with Crippen LogP contribution in [0, 0.1) is 0 Å². The van der Waals surface area contributed by atoms with Crippen molar-refractivity contribution in [1.82, 2.24) is 31.2 Å². The van der Waals surface area contributed by atoms with E-state index in [0.29, 0.717) is 32.2 Å². The molecule has 14 heteroatoms. The number of benzene rings is 2. The van der Waals surface area contributed by atoms with Gasteiger partial charge in [0.2, 0.25) is 29.5 Å². The molecular weight excluding hydrogens is 735 g/mol. The summed E-state index contributed by atoms with van der Waals surface area (Å²) in [5.41, 5.74) is 20.7. The van der Waals surface area contributed by atoms with Crippen LogP contribution in [0.5, 0.6) is 0 Å². The molecule has 2 heterocycles. The van der Waals surface area contributed by atoms with Gasteiger partial charge < -0.3 is 48.4 Å². The van der Waals surface area contributed by atoms with Gasteiger partial charge in [-0.05, 0) is 68.5 Å². The Balaban J connectivity index is 1.46. The van der Waals surface area contributed by atoms with Gasteiger partial charge in [-0.1, -0.05) is 94.7 Å². The maximum Gasteiger partial charge on any atom is 0.243 e. The molecule has 0 aliphatic carbocycles. The molecule has 4 atom stereocenters. The van der Waals surface area contributed by atoms with E-state index >= 15 is 0 Å². The van der Waals surface area contributed by atoms with Crippen molar-refractivity contribution >= 4 is 51.3 Å². The highest BCUT2D eigenvalue weighted by atomic mass is 16.2. The second-order valence-electron chi connectivity index (χ2n) is 15.3. The smallest absolute Gasteiger partial charge is 0.243 e. The van der Waals surface area contributed by atoms with Gasteiger partial charge in [-0.25, -0.2) is 0 Å². The van der Waals surface area contributed by atoms with Crippen molar-refractivity contribution in [2.75, 3.05) is 13.1 Å². The first-order valence-corrected chi connectivity index (χ1v) is 21.1. The molecule has 14 nitrogen and oxygen atoms in total. The molecule has 12 N–H and O–H groups in total. The van der Waals surface area contributed by atoms with Crippen molar-refractivity contribution in [2.45, 2.75) is 134 Å². The van der Waals surface area contributed by atoms with Gasteiger partial charge in [0.15, 0.2) is 0 Å². The zero-order chi connectivity index (χ0) is 41.7. The largest absolute Gasteiger partial charge is 0.368 e. The molecule has 2 aromatic carbocycles. The predicted octanol–water partition coefficient (Wildman–Crippen LogP) is 4.26. The Morgan fingerprint density at radius 3 is 1.50 bits per heavy atom. The molecule has 4 rings (SSSR count). The van der Waals surface area contributed by atoms with Crippen LogP contribution in [0.2, 0.25) is 0 Å². The number of amides is 5. The van der Waals surface area contributed by atoms with E-state index in [9.17, 15) is 24.0 Å². The van der Waals surface area contributed by atoms with Crippen LogP contribution in [0.3, 0.4) is 0 Å². The summed E-state index contributed by atoms with van der Waals surface area (Å²) in [7, 11) is 0. The second kappa shape index (κ2) is 24.5. The van der Waals surface area contributed by atoms with Gasteiger partial charge >= 0.3 is 0 Å². The molecule has 0 radical (unpaired) electrons. The molecule has 2 aromatic heterocycles. The van der Waals surface area contributed by atoms with Gasteiger partial charge in [-0.3, -0.25) is 24.0 Å². The summed E-state index contributed by atoms with van der Waals surface area (Å²) in [5.74, 6) is -2.69. The van der Waals surface area contributed by atoms with Crippen LogP contribution >= 0.6 is 0 Å². The molecular formula is C44H65N9O5. The standard InChI is InChI=1S/C44H65N9O5/c1-2-3-4-5-6-7-8-9-10-23-40(54)50-36(21-15-24-45)42(56)51-37(22-16-25-46)43(57)53-39(27-31-29-49-35-20-14-12-18-33(31)35)44(58)52-38(41(47)55)26-30-28-48-34-19-13-11-17-32(30)34/h11-14,17-20,28-29,36-39,48-49H,2-10,15-16,21-27,45-46H2,1H3,(H2,47,55)(H,50,54)(H,51,56)(H,52,58)(H,53,57)/t36-,37-,38-,39-/m0/s1. The summed E-state index contributed by atoms with van der Waals surface area (Å²) in [6, 6.07) is 11.0. The van der Waals surface area contributed by atoms with Gasteiger partial charge in [-0.2, -0.15) is 0 Å². The number of aromatic nitrogens is 2. The van der Waals surface area contributed by atoms with Gasteiger partial charge in [0.1, 0.15) is 24.2 Å². The number of unbranched alkanes of at least 4 members (excludes halogenated alkanes) is 8. The Morgan fingerprint density at radius 1 is 0.552 bits per heavy atom. The van der Waals surface area contributed by atoms with Crippen molar-refractivity contribution < 1.29 is 24.0 Å². The minimum Gasteiger partial charge on any atom is -0.368 e. The van der Waals surface area contributed by atoms with Crippen molar-refractivity contribution in [2.24, 2.45) is 17.2 Å². The van der Waals surface area contributed by atoms with Crippen molar-refractivity contribution in [3.05, 3.63) is 72.1 Å². The zero-order valence-electron chi connectivity index (χ0n) is 34.1. The number of nitrogens with one attached hydrogen (secondary N) is 6. The van der Waals surface area contributed by atoms with Crippen molar-refractivity contribution in [1.29, 1.82) is 0 Å². The number of nitrogens with two attached hydrogens (primary N) is 3. The molecule has 0 spiro atoms. The molecule has 4 aromatic rings. The third-order valence-electron chi connectivity index (χ3n) is 10.7. The second-order valence-corrected chi connectivity index (χ2v) is 15.3. The SMILES string of the molecule is CCCCCCCCCCCC(=O)N[C@@H](CCCN)C(=O)N[C@@H](CCCN)C(=O)N[C@@H](Cc1c[nH]c2ccccc12)C(=O)N[C@@H](Cc1c[nH]c2ccccc12)C(N)=O. The molecule has 0 bridgehead atoms. The van der Waals surface area contributed by atoms with Crippen LogP contribution in [0.25, 0.3) is 21.8 Å². The zero-order valence-corrected chi connectivity index (χ0v) is 34.1. The number of para-hydroxylation sites is 2. The molecule has 58 heavy (non-hydrogen) atoms. The average molecular weight is 800 g/mol. The number of carbonyl (C=O) groups is 5. The molecule has 0 saturated heterocycles. The molecule has 0 aliphatic rings. The van der Waals surface area contributed by atoms with E-state index in [-0.39, 0.29) is 31.7 Å². The van der Waals surface area contributed by atoms with E-state index in [1.165, 1.54) is 32.1 Å². The van der Waals surface area contributed by atoms with E-state index in [4.69, 9.17) is 17.2 Å². The number of aromatic amines is 2. The minimum atomic E-state index is -1.15. The van der Waals surface area contributed by atoms with Crippen molar-refractivity contribution in [3.63, 3.8) is 0 Å². The quantitative estimate of drug-likeness (QED) is 0.0378. The highest BCUT2D eigenvalue weighted by Crippen LogP contribution is 2.21. The van der Waals surface area contributed by atoms with Gasteiger partial charge in [0.25, 0.3) is 0 Å². The number of hydrogen-bond acceptors (Lipinski definition) is 7. The maximum absolute atomic E-state index is 14.1. The summed E-state index contributed by atoms with van der Waals surface area (Å²) < 4.78 is 0. The van der Waals surface area contributed by atoms with Gasteiger partial charge in [0.05, 0.1) is 0 Å². The fourth-order valence-corrected chi connectivity index (χ4v) is 7.33. The number of primary amides is 1. The number of rotatable bonds is 28. The lowest BCUT2D eigenvalue weighted by Crippen LogP contribution is -2.58. The highest BCUT2D eigenvalue weighted by Gasteiger charge is 2.32. The summed E-state index contributed by atoms with van der Waals surface area (Å²) in [4.78, 5) is 74.1. The summed E-state index contributed by atoms with van der Waals surface area (Å²) in [6.07, 6.45) is 15.6. The van der Waals surface area contributed by atoms with Gasteiger partial charge in [-0.15, -0.1) is 0 Å². The van der Waals surface area contributed by atoms with Crippen LogP contribution in [-0.4, -0.2) is 76.8 Å². The number of hydrogen-bond donors (Lipinski definition) is 9. The molecule has 0 fully saturated rings. The van der Waals surface area contributed by atoms with Crippen LogP contribution in [0.4, 0.5) is 0 Å². The Labute approximate surface area is 342 Å². The maximum atomic E-state index is 14.1. The number of H-pyrrole nitrogens is 2. The van der Waals surface area contributed by atoms with E-state index in [1.807, 2.05) is 48.5 Å². The molecule has 0 aliphatic heterocycles. The van der Waals surface area contributed by atoms with E-state index in [0.717, 1.165) is 58.6 Å². The Hall–Kier alpha value is -5.21. The molecule has 0 saturated carbocycles. The fourth-order valence-electron chi connectivity index (χ4n) is 7.33. The molecule has 5 amide bonds. The lowest BCUT2D eigenvalue weighted by molar-refractivity contribution is -0.134. The lowest BCUT2D eigenvalue weighted by atomic mass is 10.0. The Kier molecular flexibility index (Phi) is 19.2. The molecule has 316 valence electrons. The van der Waals surface area contributed by atoms with Crippen LogP contribution in [-0.2, 0) is 36.8 Å². The molecule has 0 unspecified atom stereocenters. The minimum absolute atomic E-state index is 0.0751. The van der Waals surface area contributed by atoms with Crippen LogP contribution in [0.15, 0.2) is 60.9 Å². The third kappa shape index (κ3) is 14.3. The Morgan fingerprint density at radius 2 is 0.983 bits per heavy atom. The third-order valence-corrected chi connectivity index (χ3v) is 10.7. The summed E-state index contributed by atoms with van der Waals surface area (Å²) in [6.45, 7) is 2.79. The van der Waals surface area contributed by atoms with E-state index in [2.05, 4.69) is 38.2 Å².